The SMILES string of the molecule is CSc1nc2ccccc2n1-c1ccc(C(C)(C)C)cc1. The lowest BCUT2D eigenvalue weighted by molar-refractivity contribution is 0.590. The summed E-state index contributed by atoms with van der Waals surface area (Å²) in [4.78, 5) is 4.70. The van der Waals surface area contributed by atoms with Crippen LogP contribution in [-0.2, 0) is 5.41 Å². The lowest BCUT2D eigenvalue weighted by atomic mass is 9.87. The van der Waals surface area contributed by atoms with E-state index >= 15 is 0 Å². The van der Waals surface area contributed by atoms with E-state index in [1.807, 2.05) is 6.07 Å². The quantitative estimate of drug-likeness (QED) is 0.616. The summed E-state index contributed by atoms with van der Waals surface area (Å²) in [5, 5.41) is 1.03. The van der Waals surface area contributed by atoms with E-state index in [4.69, 9.17) is 4.98 Å². The van der Waals surface area contributed by atoms with Gasteiger partial charge in [0.05, 0.1) is 11.0 Å². The highest BCUT2D eigenvalue weighted by atomic mass is 32.2. The Hall–Kier alpha value is -1.74. The number of aromatic nitrogens is 2. The third-order valence-electron chi connectivity index (χ3n) is 3.70. The van der Waals surface area contributed by atoms with Crippen molar-refractivity contribution in [3.05, 3.63) is 54.1 Å². The molecule has 0 saturated carbocycles. The smallest absolute Gasteiger partial charge is 0.173 e. The van der Waals surface area contributed by atoms with Crippen LogP contribution in [0.1, 0.15) is 26.3 Å². The van der Waals surface area contributed by atoms with Crippen LogP contribution >= 0.6 is 11.8 Å². The Balaban J connectivity index is 2.16. The fourth-order valence-electron chi connectivity index (χ4n) is 2.50. The van der Waals surface area contributed by atoms with E-state index in [9.17, 15) is 0 Å². The molecule has 0 spiro atoms. The molecular formula is C18H20N2S. The Morgan fingerprint density at radius 1 is 0.952 bits per heavy atom. The predicted molar refractivity (Wildman–Crippen MR) is 91.6 cm³/mol. The third-order valence-corrected chi connectivity index (χ3v) is 4.34. The van der Waals surface area contributed by atoms with E-state index in [0.29, 0.717) is 0 Å². The molecule has 1 heterocycles. The van der Waals surface area contributed by atoms with Gasteiger partial charge in [-0.3, -0.25) is 4.57 Å². The first-order valence-electron chi connectivity index (χ1n) is 7.13. The number of nitrogens with zero attached hydrogens (tertiary/aromatic N) is 2. The second-order valence-electron chi connectivity index (χ2n) is 6.22. The Bertz CT molecular complexity index is 764. The fraction of sp³-hybridized carbons (Fsp3) is 0.278. The first kappa shape index (κ1) is 14.2. The summed E-state index contributed by atoms with van der Waals surface area (Å²) < 4.78 is 2.23. The van der Waals surface area contributed by atoms with Gasteiger partial charge in [-0.15, -0.1) is 0 Å². The van der Waals surface area contributed by atoms with Gasteiger partial charge in [-0.2, -0.15) is 0 Å². The van der Waals surface area contributed by atoms with Crippen molar-refractivity contribution in [1.82, 2.24) is 9.55 Å². The van der Waals surface area contributed by atoms with Gasteiger partial charge in [-0.1, -0.05) is 56.8 Å². The molecule has 0 aliphatic rings. The minimum absolute atomic E-state index is 0.178. The van der Waals surface area contributed by atoms with Gasteiger partial charge >= 0.3 is 0 Å². The van der Waals surface area contributed by atoms with Gasteiger partial charge in [-0.25, -0.2) is 4.98 Å². The number of hydrogen-bond acceptors (Lipinski definition) is 2. The van der Waals surface area contributed by atoms with Gasteiger partial charge in [0.2, 0.25) is 0 Å². The average molecular weight is 296 g/mol. The molecule has 3 heteroatoms. The molecule has 2 aromatic carbocycles. The second kappa shape index (κ2) is 5.23. The molecule has 3 aromatic rings. The van der Waals surface area contributed by atoms with Gasteiger partial charge in [-0.05, 0) is 41.5 Å². The lowest BCUT2D eigenvalue weighted by Gasteiger charge is -2.19. The maximum Gasteiger partial charge on any atom is 0.173 e. The standard InChI is InChI=1S/C18H20N2S/c1-18(2,3)13-9-11-14(12-10-13)20-16-8-6-5-7-15(16)19-17(20)21-4/h5-12H,1-4H3. The molecule has 0 atom stereocenters. The molecule has 0 radical (unpaired) electrons. The topological polar surface area (TPSA) is 17.8 Å². The minimum atomic E-state index is 0.178. The zero-order chi connectivity index (χ0) is 15.0. The van der Waals surface area contributed by atoms with E-state index < -0.39 is 0 Å². The van der Waals surface area contributed by atoms with Gasteiger partial charge in [0.15, 0.2) is 5.16 Å². The van der Waals surface area contributed by atoms with Crippen LogP contribution < -0.4 is 0 Å². The van der Waals surface area contributed by atoms with Crippen molar-refractivity contribution >= 4 is 22.8 Å². The number of imidazole rings is 1. The van der Waals surface area contributed by atoms with Crippen molar-refractivity contribution in [1.29, 1.82) is 0 Å². The summed E-state index contributed by atoms with van der Waals surface area (Å²) in [7, 11) is 0. The van der Waals surface area contributed by atoms with Crippen LogP contribution in [0.3, 0.4) is 0 Å². The largest absolute Gasteiger partial charge is 0.287 e. The Morgan fingerprint density at radius 3 is 2.24 bits per heavy atom. The highest BCUT2D eigenvalue weighted by Gasteiger charge is 2.15. The zero-order valence-corrected chi connectivity index (χ0v) is 13.7. The van der Waals surface area contributed by atoms with Gasteiger partial charge < -0.3 is 0 Å². The summed E-state index contributed by atoms with van der Waals surface area (Å²) in [5.74, 6) is 0. The number of fused-ring (bicyclic) bond motifs is 1. The molecule has 0 aliphatic heterocycles. The van der Waals surface area contributed by atoms with Crippen LogP contribution in [0.2, 0.25) is 0 Å². The fourth-order valence-corrected chi connectivity index (χ4v) is 3.08. The number of rotatable bonds is 2. The molecule has 3 rings (SSSR count). The molecule has 108 valence electrons. The molecule has 2 nitrogen and oxygen atoms in total. The van der Waals surface area contributed by atoms with Crippen LogP contribution in [0, 0.1) is 0 Å². The highest BCUT2D eigenvalue weighted by Crippen LogP contribution is 2.28. The van der Waals surface area contributed by atoms with Crippen molar-refractivity contribution in [2.24, 2.45) is 0 Å². The summed E-state index contributed by atoms with van der Waals surface area (Å²) >= 11 is 1.68. The molecule has 0 bridgehead atoms. The molecule has 0 fully saturated rings. The summed E-state index contributed by atoms with van der Waals surface area (Å²) in [5.41, 5.74) is 4.90. The molecule has 0 aliphatic carbocycles. The highest BCUT2D eigenvalue weighted by molar-refractivity contribution is 7.98. The van der Waals surface area contributed by atoms with E-state index in [-0.39, 0.29) is 5.41 Å². The lowest BCUT2D eigenvalue weighted by Crippen LogP contribution is -2.10. The Morgan fingerprint density at radius 2 is 1.62 bits per heavy atom. The molecule has 0 saturated heterocycles. The van der Waals surface area contributed by atoms with E-state index in [1.165, 1.54) is 11.3 Å². The first-order valence-corrected chi connectivity index (χ1v) is 8.35. The average Bonchev–Trinajstić information content (AvgIpc) is 2.85. The normalized spacial score (nSPS) is 12.0. The summed E-state index contributed by atoms with van der Waals surface area (Å²) in [6.45, 7) is 6.71. The summed E-state index contributed by atoms with van der Waals surface area (Å²) in [6.07, 6.45) is 2.07. The van der Waals surface area contributed by atoms with Crippen LogP contribution in [0.5, 0.6) is 0 Å². The van der Waals surface area contributed by atoms with Crippen LogP contribution in [0.15, 0.2) is 53.7 Å². The third kappa shape index (κ3) is 2.58. The van der Waals surface area contributed by atoms with Gasteiger partial charge in [0.25, 0.3) is 0 Å². The monoisotopic (exact) mass is 296 g/mol. The summed E-state index contributed by atoms with van der Waals surface area (Å²) in [6, 6.07) is 17.1. The number of hydrogen-bond donors (Lipinski definition) is 0. The molecular weight excluding hydrogens is 276 g/mol. The van der Waals surface area contributed by atoms with Gasteiger partial charge in [0.1, 0.15) is 0 Å². The van der Waals surface area contributed by atoms with E-state index in [0.717, 1.165) is 16.2 Å². The number of thioether (sulfide) groups is 1. The van der Waals surface area contributed by atoms with Gasteiger partial charge in [0, 0.05) is 5.69 Å². The zero-order valence-electron chi connectivity index (χ0n) is 12.9. The van der Waals surface area contributed by atoms with Crippen molar-refractivity contribution < 1.29 is 0 Å². The molecule has 0 N–H and O–H groups in total. The predicted octanol–water partition coefficient (Wildman–Crippen LogP) is 5.04. The van der Waals surface area contributed by atoms with E-state index in [1.54, 1.807) is 11.8 Å². The van der Waals surface area contributed by atoms with Crippen LogP contribution in [0.25, 0.3) is 16.7 Å². The molecule has 1 aromatic heterocycles. The van der Waals surface area contributed by atoms with Crippen LogP contribution in [-0.4, -0.2) is 15.8 Å². The maximum atomic E-state index is 4.70. The first-order chi connectivity index (χ1) is 10.0. The minimum Gasteiger partial charge on any atom is -0.287 e. The van der Waals surface area contributed by atoms with Crippen molar-refractivity contribution in [2.45, 2.75) is 31.3 Å². The Kier molecular flexibility index (Phi) is 3.54. The number of para-hydroxylation sites is 2. The van der Waals surface area contributed by atoms with Crippen LogP contribution in [0.4, 0.5) is 0 Å². The molecule has 0 unspecified atom stereocenters. The molecule has 21 heavy (non-hydrogen) atoms. The van der Waals surface area contributed by atoms with E-state index in [2.05, 4.69) is 74.1 Å². The Labute approximate surface area is 130 Å². The van der Waals surface area contributed by atoms with Crippen molar-refractivity contribution in [3.8, 4) is 5.69 Å². The number of benzene rings is 2. The van der Waals surface area contributed by atoms with Crippen molar-refractivity contribution in [2.75, 3.05) is 6.26 Å². The van der Waals surface area contributed by atoms with Crippen molar-refractivity contribution in [3.63, 3.8) is 0 Å². The second-order valence-corrected chi connectivity index (χ2v) is 6.99. The molecule has 0 amide bonds. The maximum absolute atomic E-state index is 4.70.